The van der Waals surface area contributed by atoms with Gasteiger partial charge in [0.25, 0.3) is 0 Å². The van der Waals surface area contributed by atoms with E-state index in [9.17, 15) is 0 Å². The van der Waals surface area contributed by atoms with Gasteiger partial charge >= 0.3 is 0 Å². The van der Waals surface area contributed by atoms with Crippen LogP contribution in [0.1, 0.15) is 23.6 Å². The molecule has 0 amide bonds. The predicted octanol–water partition coefficient (Wildman–Crippen LogP) is 2.36. The van der Waals surface area contributed by atoms with E-state index in [1.165, 1.54) is 0 Å². The monoisotopic (exact) mass is 296 g/mol. The van der Waals surface area contributed by atoms with Crippen LogP contribution in [-0.2, 0) is 9.47 Å². The Morgan fingerprint density at radius 2 is 1.05 bits per heavy atom. The summed E-state index contributed by atoms with van der Waals surface area (Å²) in [6, 6.07) is 20.5. The highest BCUT2D eigenvalue weighted by Gasteiger charge is 2.37. The van der Waals surface area contributed by atoms with Gasteiger partial charge in [0.2, 0.25) is 0 Å². The van der Waals surface area contributed by atoms with Gasteiger partial charge in [-0.15, -0.1) is 0 Å². The van der Waals surface area contributed by atoms with Crippen LogP contribution < -0.4 is 10.6 Å². The molecule has 4 rings (SSSR count). The third-order valence-corrected chi connectivity index (χ3v) is 4.25. The lowest BCUT2D eigenvalue weighted by Gasteiger charge is -2.43. The van der Waals surface area contributed by atoms with E-state index in [-0.39, 0.29) is 24.7 Å². The summed E-state index contributed by atoms with van der Waals surface area (Å²) in [4.78, 5) is 0. The van der Waals surface area contributed by atoms with Crippen LogP contribution in [-0.4, -0.2) is 25.3 Å². The minimum absolute atomic E-state index is 0.0545. The van der Waals surface area contributed by atoms with Crippen molar-refractivity contribution in [2.45, 2.75) is 24.7 Å². The molecule has 2 aromatic rings. The molecule has 2 saturated heterocycles. The third kappa shape index (κ3) is 2.78. The highest BCUT2D eigenvalue weighted by atomic mass is 16.6. The smallest absolute Gasteiger partial charge is 0.134 e. The van der Waals surface area contributed by atoms with Crippen LogP contribution in [0.25, 0.3) is 0 Å². The van der Waals surface area contributed by atoms with E-state index in [4.69, 9.17) is 9.47 Å². The predicted molar refractivity (Wildman–Crippen MR) is 84.1 cm³/mol. The van der Waals surface area contributed by atoms with Crippen molar-refractivity contribution in [2.24, 2.45) is 0 Å². The molecule has 0 radical (unpaired) electrons. The zero-order chi connectivity index (χ0) is 14.8. The molecule has 0 aliphatic carbocycles. The fourth-order valence-electron chi connectivity index (χ4n) is 3.08. The summed E-state index contributed by atoms with van der Waals surface area (Å²) in [5, 5.41) is 6.86. The van der Waals surface area contributed by atoms with Gasteiger partial charge in [-0.05, 0) is 11.1 Å². The highest BCUT2D eigenvalue weighted by Crippen LogP contribution is 2.28. The first-order valence-corrected chi connectivity index (χ1v) is 7.78. The van der Waals surface area contributed by atoms with Crippen molar-refractivity contribution in [3.8, 4) is 0 Å². The SMILES string of the molecule is c1ccc([C@@H]2NCC3O[C@H](c4ccccc4)NCC3O2)cc1. The number of nitrogens with one attached hydrogen (secondary N) is 2. The summed E-state index contributed by atoms with van der Waals surface area (Å²) in [6.45, 7) is 1.60. The molecule has 2 N–H and O–H groups in total. The number of hydrogen-bond acceptors (Lipinski definition) is 4. The molecule has 4 atom stereocenters. The van der Waals surface area contributed by atoms with Gasteiger partial charge in [0, 0.05) is 13.1 Å². The maximum atomic E-state index is 6.16. The Morgan fingerprint density at radius 1 is 0.636 bits per heavy atom. The van der Waals surface area contributed by atoms with E-state index in [0.717, 1.165) is 24.2 Å². The summed E-state index contributed by atoms with van der Waals surface area (Å²) in [5.74, 6) is 0. The fourth-order valence-corrected chi connectivity index (χ4v) is 3.08. The molecule has 0 spiro atoms. The van der Waals surface area contributed by atoms with Crippen LogP contribution in [0.15, 0.2) is 60.7 Å². The van der Waals surface area contributed by atoms with E-state index in [2.05, 4.69) is 34.9 Å². The molecular formula is C18H20N2O2. The van der Waals surface area contributed by atoms with Gasteiger partial charge in [-0.3, -0.25) is 10.6 Å². The first-order chi connectivity index (χ1) is 10.9. The van der Waals surface area contributed by atoms with Gasteiger partial charge in [0.15, 0.2) is 0 Å². The average Bonchev–Trinajstić information content (AvgIpc) is 2.62. The average molecular weight is 296 g/mol. The van der Waals surface area contributed by atoms with Crippen molar-refractivity contribution in [2.75, 3.05) is 13.1 Å². The largest absolute Gasteiger partial charge is 0.352 e. The van der Waals surface area contributed by atoms with Crippen LogP contribution in [0, 0.1) is 0 Å². The molecule has 2 aromatic carbocycles. The van der Waals surface area contributed by atoms with Crippen molar-refractivity contribution >= 4 is 0 Å². The Bertz CT molecular complexity index is 549. The van der Waals surface area contributed by atoms with Crippen LogP contribution in [0.2, 0.25) is 0 Å². The van der Waals surface area contributed by atoms with Crippen molar-refractivity contribution in [3.63, 3.8) is 0 Å². The Morgan fingerprint density at radius 3 is 1.45 bits per heavy atom. The molecule has 2 unspecified atom stereocenters. The molecule has 2 aliphatic heterocycles. The molecule has 114 valence electrons. The molecule has 0 aromatic heterocycles. The van der Waals surface area contributed by atoms with Crippen molar-refractivity contribution < 1.29 is 9.47 Å². The van der Waals surface area contributed by atoms with Gasteiger partial charge in [-0.1, -0.05) is 60.7 Å². The van der Waals surface area contributed by atoms with Gasteiger partial charge in [0.1, 0.15) is 12.5 Å². The topological polar surface area (TPSA) is 42.5 Å². The maximum Gasteiger partial charge on any atom is 0.134 e. The molecular weight excluding hydrogens is 276 g/mol. The van der Waals surface area contributed by atoms with Gasteiger partial charge in [-0.2, -0.15) is 0 Å². The van der Waals surface area contributed by atoms with Gasteiger partial charge in [0.05, 0.1) is 12.2 Å². The van der Waals surface area contributed by atoms with E-state index in [1.807, 2.05) is 36.4 Å². The first kappa shape index (κ1) is 13.9. The molecule has 22 heavy (non-hydrogen) atoms. The Labute approximate surface area is 130 Å². The van der Waals surface area contributed by atoms with E-state index < -0.39 is 0 Å². The molecule has 0 bridgehead atoms. The van der Waals surface area contributed by atoms with E-state index >= 15 is 0 Å². The van der Waals surface area contributed by atoms with Crippen molar-refractivity contribution in [3.05, 3.63) is 71.8 Å². The second-order valence-corrected chi connectivity index (χ2v) is 5.75. The quantitative estimate of drug-likeness (QED) is 0.893. The van der Waals surface area contributed by atoms with Crippen molar-refractivity contribution in [1.82, 2.24) is 10.6 Å². The number of ether oxygens (including phenoxy) is 2. The molecule has 0 saturated carbocycles. The summed E-state index contributed by atoms with van der Waals surface area (Å²) in [5.41, 5.74) is 2.32. The van der Waals surface area contributed by atoms with Gasteiger partial charge in [-0.25, -0.2) is 0 Å². The Kier molecular flexibility index (Phi) is 3.91. The zero-order valence-electron chi connectivity index (χ0n) is 12.3. The molecule has 4 nitrogen and oxygen atoms in total. The lowest BCUT2D eigenvalue weighted by Crippen LogP contribution is -2.57. The standard InChI is InChI=1S/C18H20N2O2/c1-3-7-13(8-4-1)17-19-11-16-15(21-17)12-20-18(22-16)14-9-5-2-6-10-14/h1-10,15-20H,11-12H2/t15?,16?,17-,18-/m1/s1. The second-order valence-electron chi connectivity index (χ2n) is 5.75. The van der Waals surface area contributed by atoms with Crippen LogP contribution in [0.4, 0.5) is 0 Å². The molecule has 2 heterocycles. The lowest BCUT2D eigenvalue weighted by molar-refractivity contribution is -0.194. The highest BCUT2D eigenvalue weighted by molar-refractivity contribution is 5.19. The van der Waals surface area contributed by atoms with Crippen LogP contribution in [0.5, 0.6) is 0 Å². The normalized spacial score (nSPS) is 31.5. The summed E-state index contributed by atoms with van der Waals surface area (Å²) in [6.07, 6.45) is 0.0417. The van der Waals surface area contributed by atoms with Crippen LogP contribution in [0.3, 0.4) is 0 Å². The van der Waals surface area contributed by atoms with Crippen LogP contribution >= 0.6 is 0 Å². The van der Waals surface area contributed by atoms with E-state index in [0.29, 0.717) is 0 Å². The Balaban J connectivity index is 1.43. The summed E-state index contributed by atoms with van der Waals surface area (Å²) >= 11 is 0. The third-order valence-electron chi connectivity index (χ3n) is 4.25. The Hall–Kier alpha value is -1.72. The summed E-state index contributed by atoms with van der Waals surface area (Å²) < 4.78 is 12.3. The number of benzene rings is 2. The van der Waals surface area contributed by atoms with Crippen molar-refractivity contribution in [1.29, 1.82) is 0 Å². The number of fused-ring (bicyclic) bond motifs is 1. The van der Waals surface area contributed by atoms with E-state index in [1.54, 1.807) is 0 Å². The molecule has 2 aliphatic rings. The lowest BCUT2D eigenvalue weighted by atomic mass is 10.1. The minimum atomic E-state index is -0.0545. The fraction of sp³-hybridized carbons (Fsp3) is 0.333. The number of rotatable bonds is 2. The van der Waals surface area contributed by atoms with Gasteiger partial charge < -0.3 is 9.47 Å². The zero-order valence-corrected chi connectivity index (χ0v) is 12.3. The maximum absolute atomic E-state index is 6.16. The second kappa shape index (κ2) is 6.18. The minimum Gasteiger partial charge on any atom is -0.352 e. The number of hydrogen-bond donors (Lipinski definition) is 2. The first-order valence-electron chi connectivity index (χ1n) is 7.78. The summed E-state index contributed by atoms with van der Waals surface area (Å²) in [7, 11) is 0. The molecule has 2 fully saturated rings. The molecule has 4 heteroatoms.